The minimum atomic E-state index is -0.114. The van der Waals surface area contributed by atoms with Crippen molar-refractivity contribution >= 4 is 21.6 Å². The van der Waals surface area contributed by atoms with Gasteiger partial charge in [0.05, 0.1) is 25.1 Å². The van der Waals surface area contributed by atoms with E-state index in [2.05, 4.69) is 9.97 Å². The molecule has 0 aliphatic carbocycles. The number of nitrogens with one attached hydrogen (secondary N) is 1. The number of aromatic amines is 1. The van der Waals surface area contributed by atoms with Gasteiger partial charge >= 0.3 is 0 Å². The molecule has 0 spiro atoms. The Morgan fingerprint density at radius 2 is 1.95 bits per heavy atom. The molecule has 22 heavy (non-hydrogen) atoms. The molecule has 2 heterocycles. The van der Waals surface area contributed by atoms with Crippen molar-refractivity contribution in [2.45, 2.75) is 13.8 Å². The van der Waals surface area contributed by atoms with Crippen LogP contribution in [0.3, 0.4) is 0 Å². The summed E-state index contributed by atoms with van der Waals surface area (Å²) in [7, 11) is 0. The maximum absolute atomic E-state index is 11.8. The number of hydrogen-bond donors (Lipinski definition) is 1. The standard InChI is InChI=1S/C16H16N2O3S/c1-3-20-12-6-5-10(7-13(12)21-4-2)11-8-22-15-14(11)17-9-18-16(15)19/h5-9H,3-4H2,1-2H3,(H,17,18,19). The highest BCUT2D eigenvalue weighted by molar-refractivity contribution is 7.17. The second kappa shape index (κ2) is 6.19. The molecule has 114 valence electrons. The van der Waals surface area contributed by atoms with Gasteiger partial charge in [-0.2, -0.15) is 0 Å². The minimum Gasteiger partial charge on any atom is -0.490 e. The van der Waals surface area contributed by atoms with Crippen LogP contribution < -0.4 is 15.0 Å². The van der Waals surface area contributed by atoms with Crippen molar-refractivity contribution in [2.75, 3.05) is 13.2 Å². The summed E-state index contributed by atoms with van der Waals surface area (Å²) in [6, 6.07) is 5.78. The summed E-state index contributed by atoms with van der Waals surface area (Å²) in [5, 5.41) is 1.94. The molecule has 0 aliphatic rings. The van der Waals surface area contributed by atoms with Crippen LogP contribution in [0.1, 0.15) is 13.8 Å². The van der Waals surface area contributed by atoms with Crippen molar-refractivity contribution in [3.8, 4) is 22.6 Å². The van der Waals surface area contributed by atoms with Crippen molar-refractivity contribution in [1.82, 2.24) is 9.97 Å². The van der Waals surface area contributed by atoms with Gasteiger partial charge in [-0.1, -0.05) is 6.07 Å². The van der Waals surface area contributed by atoms with Crippen molar-refractivity contribution in [1.29, 1.82) is 0 Å². The van der Waals surface area contributed by atoms with Gasteiger partial charge in [-0.25, -0.2) is 4.98 Å². The van der Waals surface area contributed by atoms with Crippen LogP contribution in [0.5, 0.6) is 11.5 Å². The molecule has 0 fully saturated rings. The molecule has 1 N–H and O–H groups in total. The van der Waals surface area contributed by atoms with E-state index in [4.69, 9.17) is 9.47 Å². The molecule has 0 unspecified atom stereocenters. The maximum atomic E-state index is 11.8. The molecule has 0 bridgehead atoms. The molecule has 0 saturated heterocycles. The topological polar surface area (TPSA) is 64.2 Å². The van der Waals surface area contributed by atoms with Crippen molar-refractivity contribution < 1.29 is 9.47 Å². The lowest BCUT2D eigenvalue weighted by Crippen LogP contribution is -2.03. The smallest absolute Gasteiger partial charge is 0.268 e. The van der Waals surface area contributed by atoms with E-state index < -0.39 is 0 Å². The molecule has 3 rings (SSSR count). The third-order valence-corrected chi connectivity index (χ3v) is 4.18. The van der Waals surface area contributed by atoms with Gasteiger partial charge in [-0.05, 0) is 31.5 Å². The van der Waals surface area contributed by atoms with E-state index in [1.165, 1.54) is 17.7 Å². The van der Waals surface area contributed by atoms with E-state index in [-0.39, 0.29) is 5.56 Å². The molecule has 0 aliphatic heterocycles. The lowest BCUT2D eigenvalue weighted by Gasteiger charge is -2.12. The summed E-state index contributed by atoms with van der Waals surface area (Å²) in [5.41, 5.74) is 2.48. The van der Waals surface area contributed by atoms with E-state index >= 15 is 0 Å². The van der Waals surface area contributed by atoms with E-state index in [0.29, 0.717) is 29.2 Å². The van der Waals surface area contributed by atoms with Crippen LogP contribution >= 0.6 is 11.3 Å². The first kappa shape index (κ1) is 14.6. The largest absolute Gasteiger partial charge is 0.490 e. The Kier molecular flexibility index (Phi) is 4.11. The fraction of sp³-hybridized carbons (Fsp3) is 0.250. The number of rotatable bonds is 5. The third-order valence-electron chi connectivity index (χ3n) is 3.21. The number of ether oxygens (including phenoxy) is 2. The number of benzene rings is 1. The lowest BCUT2D eigenvalue weighted by molar-refractivity contribution is 0.288. The van der Waals surface area contributed by atoms with Crippen LogP contribution in [0.25, 0.3) is 21.3 Å². The van der Waals surface area contributed by atoms with Crippen LogP contribution in [-0.2, 0) is 0 Å². The molecular formula is C16H16N2O3S. The molecular weight excluding hydrogens is 300 g/mol. The molecule has 0 saturated carbocycles. The third kappa shape index (κ3) is 2.57. The Bertz CT molecular complexity index is 854. The average Bonchev–Trinajstić information content (AvgIpc) is 2.95. The Hall–Kier alpha value is -2.34. The van der Waals surface area contributed by atoms with Gasteiger partial charge in [0.2, 0.25) is 0 Å². The monoisotopic (exact) mass is 316 g/mol. The average molecular weight is 316 g/mol. The van der Waals surface area contributed by atoms with E-state index in [1.807, 2.05) is 37.4 Å². The molecule has 1 aromatic carbocycles. The number of aromatic nitrogens is 2. The first-order valence-corrected chi connectivity index (χ1v) is 7.97. The zero-order valence-corrected chi connectivity index (χ0v) is 13.2. The van der Waals surface area contributed by atoms with Crippen LogP contribution in [0.4, 0.5) is 0 Å². The Morgan fingerprint density at radius 1 is 1.18 bits per heavy atom. The van der Waals surface area contributed by atoms with Crippen LogP contribution in [0.2, 0.25) is 0 Å². The second-order valence-electron chi connectivity index (χ2n) is 4.59. The normalized spacial score (nSPS) is 10.8. The number of hydrogen-bond acceptors (Lipinski definition) is 5. The molecule has 6 heteroatoms. The number of thiophene rings is 1. The summed E-state index contributed by atoms with van der Waals surface area (Å²) < 4.78 is 11.9. The fourth-order valence-corrected chi connectivity index (χ4v) is 3.21. The summed E-state index contributed by atoms with van der Waals surface area (Å²) in [6.45, 7) is 5.01. The highest BCUT2D eigenvalue weighted by Crippen LogP contribution is 2.36. The molecule has 3 aromatic rings. The summed E-state index contributed by atoms with van der Waals surface area (Å²) in [6.07, 6.45) is 1.43. The van der Waals surface area contributed by atoms with Crippen LogP contribution in [-0.4, -0.2) is 23.2 Å². The molecule has 5 nitrogen and oxygen atoms in total. The summed E-state index contributed by atoms with van der Waals surface area (Å²) >= 11 is 1.39. The molecule has 0 amide bonds. The fourth-order valence-electron chi connectivity index (χ4n) is 2.29. The van der Waals surface area contributed by atoms with Gasteiger partial charge in [0.25, 0.3) is 5.56 Å². The Labute approximate surface area is 131 Å². The van der Waals surface area contributed by atoms with Crippen molar-refractivity contribution in [2.24, 2.45) is 0 Å². The number of H-pyrrole nitrogens is 1. The van der Waals surface area contributed by atoms with Gasteiger partial charge < -0.3 is 14.5 Å². The molecule has 2 aromatic heterocycles. The first-order valence-electron chi connectivity index (χ1n) is 7.09. The molecule has 0 radical (unpaired) electrons. The number of nitrogens with zero attached hydrogens (tertiary/aromatic N) is 1. The zero-order valence-electron chi connectivity index (χ0n) is 12.4. The summed E-state index contributed by atoms with van der Waals surface area (Å²) in [5.74, 6) is 1.42. The van der Waals surface area contributed by atoms with Gasteiger partial charge in [0, 0.05) is 10.9 Å². The predicted molar refractivity (Wildman–Crippen MR) is 88.0 cm³/mol. The van der Waals surface area contributed by atoms with E-state index in [9.17, 15) is 4.79 Å². The highest BCUT2D eigenvalue weighted by atomic mass is 32.1. The van der Waals surface area contributed by atoms with Gasteiger partial charge in [-0.3, -0.25) is 4.79 Å². The van der Waals surface area contributed by atoms with Crippen molar-refractivity contribution in [3.63, 3.8) is 0 Å². The predicted octanol–water partition coefficient (Wildman–Crippen LogP) is 3.45. The van der Waals surface area contributed by atoms with Crippen LogP contribution in [0, 0.1) is 0 Å². The maximum Gasteiger partial charge on any atom is 0.268 e. The highest BCUT2D eigenvalue weighted by Gasteiger charge is 2.13. The van der Waals surface area contributed by atoms with Gasteiger partial charge in [0.15, 0.2) is 11.5 Å². The summed E-state index contributed by atoms with van der Waals surface area (Å²) in [4.78, 5) is 18.7. The minimum absolute atomic E-state index is 0.114. The van der Waals surface area contributed by atoms with Crippen molar-refractivity contribution in [3.05, 3.63) is 40.3 Å². The first-order chi connectivity index (χ1) is 10.7. The van der Waals surface area contributed by atoms with E-state index in [0.717, 1.165) is 16.9 Å². The van der Waals surface area contributed by atoms with Crippen LogP contribution in [0.15, 0.2) is 34.7 Å². The SMILES string of the molecule is CCOc1ccc(-c2csc3c(=O)[nH]cnc23)cc1OCC. The Balaban J connectivity index is 2.12. The zero-order chi connectivity index (χ0) is 15.5. The molecule has 0 atom stereocenters. The second-order valence-corrected chi connectivity index (χ2v) is 5.47. The Morgan fingerprint density at radius 3 is 2.73 bits per heavy atom. The lowest BCUT2D eigenvalue weighted by atomic mass is 10.1. The van der Waals surface area contributed by atoms with Gasteiger partial charge in [-0.15, -0.1) is 11.3 Å². The van der Waals surface area contributed by atoms with Gasteiger partial charge in [0.1, 0.15) is 4.70 Å². The number of fused-ring (bicyclic) bond motifs is 1. The van der Waals surface area contributed by atoms with E-state index in [1.54, 1.807) is 0 Å². The quantitative estimate of drug-likeness (QED) is 0.783.